The lowest BCUT2D eigenvalue weighted by molar-refractivity contribution is 0.170. The molecule has 3 rings (SSSR count). The van der Waals surface area contributed by atoms with Crippen molar-refractivity contribution in [1.29, 1.82) is 0 Å². The molecular weight excluding hydrogens is 388 g/mol. The predicted molar refractivity (Wildman–Crippen MR) is 119 cm³/mol. The number of pyridine rings is 1. The Morgan fingerprint density at radius 1 is 1.24 bits per heavy atom. The first kappa shape index (κ1) is 21.0. The van der Waals surface area contributed by atoms with Crippen LogP contribution in [0, 0.1) is 0 Å². The lowest BCUT2D eigenvalue weighted by Gasteiger charge is -2.19. The van der Waals surface area contributed by atoms with Gasteiger partial charge in [0.05, 0.1) is 17.9 Å². The third-order valence-electron chi connectivity index (χ3n) is 4.93. The molecule has 0 unspecified atom stereocenters. The molecule has 0 fully saturated rings. The molecule has 3 aromatic rings. The van der Waals surface area contributed by atoms with Crippen LogP contribution < -0.4 is 16.1 Å². The van der Waals surface area contributed by atoms with Gasteiger partial charge in [-0.05, 0) is 36.9 Å². The van der Waals surface area contributed by atoms with Gasteiger partial charge in [0.2, 0.25) is 0 Å². The number of alkyl carbamates (subject to hydrolysis) is 1. The molecule has 1 aromatic carbocycles. The van der Waals surface area contributed by atoms with Crippen molar-refractivity contribution >= 4 is 43.4 Å². The van der Waals surface area contributed by atoms with E-state index in [-0.39, 0.29) is 12.0 Å². The Morgan fingerprint density at radius 2 is 2.03 bits per heavy atom. The highest BCUT2D eigenvalue weighted by Gasteiger charge is 2.15. The number of carbonyl (C=O) groups is 1. The van der Waals surface area contributed by atoms with E-state index in [4.69, 9.17) is 0 Å². The van der Waals surface area contributed by atoms with Crippen molar-refractivity contribution in [2.24, 2.45) is 0 Å². The molecule has 154 valence electrons. The highest BCUT2D eigenvalue weighted by atomic mass is 32.1. The summed E-state index contributed by atoms with van der Waals surface area (Å²) in [6.45, 7) is 8.16. The van der Waals surface area contributed by atoms with Gasteiger partial charge in [-0.1, -0.05) is 19.9 Å². The molecule has 2 heterocycles. The zero-order valence-corrected chi connectivity index (χ0v) is 17.8. The Labute approximate surface area is 173 Å². The van der Waals surface area contributed by atoms with E-state index < -0.39 is 6.09 Å². The Balaban J connectivity index is 2.04. The molecule has 0 bridgehead atoms. The fourth-order valence-electron chi connectivity index (χ4n) is 3.26. The van der Waals surface area contributed by atoms with Gasteiger partial charge in [0.15, 0.2) is 5.43 Å². The van der Waals surface area contributed by atoms with Crippen LogP contribution in [-0.4, -0.2) is 49.3 Å². The minimum Gasteiger partial charge on any atom is -0.453 e. The maximum Gasteiger partial charge on any atom is 0.407 e. The molecule has 0 saturated heterocycles. The van der Waals surface area contributed by atoms with Crippen molar-refractivity contribution in [3.05, 3.63) is 46.2 Å². The molecule has 1 amide bonds. The number of rotatable bonds is 8. The molecule has 0 aliphatic rings. The van der Waals surface area contributed by atoms with E-state index in [0.29, 0.717) is 15.6 Å². The van der Waals surface area contributed by atoms with Crippen LogP contribution in [0.5, 0.6) is 0 Å². The summed E-state index contributed by atoms with van der Waals surface area (Å²) >= 11 is 1.46. The van der Waals surface area contributed by atoms with Crippen LogP contribution in [0.1, 0.15) is 19.4 Å². The minimum absolute atomic E-state index is 0.0490. The van der Waals surface area contributed by atoms with E-state index in [0.717, 1.165) is 42.1 Å². The molecule has 2 aromatic heterocycles. The van der Waals surface area contributed by atoms with Gasteiger partial charge in [0.25, 0.3) is 0 Å². The molecule has 0 atom stereocenters. The number of likely N-dealkylation sites (N-methyl/N-ethyl adjacent to an activating group) is 1. The van der Waals surface area contributed by atoms with Gasteiger partial charge in [-0.2, -0.15) is 0 Å². The highest BCUT2D eigenvalue weighted by Crippen LogP contribution is 2.31. The lowest BCUT2D eigenvalue weighted by atomic mass is 10.1. The summed E-state index contributed by atoms with van der Waals surface area (Å²) in [5, 5.41) is 7.37. The fourth-order valence-corrected chi connectivity index (χ4v) is 4.41. The summed E-state index contributed by atoms with van der Waals surface area (Å²) in [5.41, 5.74) is 1.61. The molecular formula is C21H26N4O3S. The van der Waals surface area contributed by atoms with Gasteiger partial charge < -0.3 is 20.3 Å². The van der Waals surface area contributed by atoms with Gasteiger partial charge in [-0.15, -0.1) is 11.3 Å². The van der Waals surface area contributed by atoms with E-state index in [2.05, 4.69) is 39.1 Å². The zero-order valence-electron chi connectivity index (χ0n) is 16.9. The number of methoxy groups -OCH3 is 1. The van der Waals surface area contributed by atoms with Gasteiger partial charge in [0.1, 0.15) is 4.83 Å². The van der Waals surface area contributed by atoms with Gasteiger partial charge in [-0.3, -0.25) is 4.79 Å². The zero-order chi connectivity index (χ0) is 20.8. The molecule has 0 spiro atoms. The van der Waals surface area contributed by atoms with Crippen LogP contribution in [0.15, 0.2) is 35.3 Å². The molecule has 7 nitrogen and oxygen atoms in total. The van der Waals surface area contributed by atoms with Crippen molar-refractivity contribution < 1.29 is 9.53 Å². The third-order valence-corrected chi connectivity index (χ3v) is 6.12. The summed E-state index contributed by atoms with van der Waals surface area (Å²) in [5.74, 6) is 0. The Hall–Kier alpha value is -2.71. The third kappa shape index (κ3) is 4.65. The number of hydrogen-bond donors (Lipinski definition) is 2. The Kier molecular flexibility index (Phi) is 7.00. The normalized spacial score (nSPS) is 11.2. The number of ether oxygens (including phenoxy) is 1. The van der Waals surface area contributed by atoms with Crippen molar-refractivity contribution in [1.82, 2.24) is 15.2 Å². The number of hydrogen-bond acceptors (Lipinski definition) is 7. The number of carbonyl (C=O) groups excluding carboxylic acids is 1. The van der Waals surface area contributed by atoms with Crippen molar-refractivity contribution in [3.63, 3.8) is 0 Å². The number of amides is 1. The Morgan fingerprint density at radius 3 is 2.76 bits per heavy atom. The maximum absolute atomic E-state index is 13.3. The van der Waals surface area contributed by atoms with Gasteiger partial charge >= 0.3 is 6.09 Å². The second kappa shape index (κ2) is 9.67. The van der Waals surface area contributed by atoms with Crippen molar-refractivity contribution in [2.75, 3.05) is 38.6 Å². The van der Waals surface area contributed by atoms with Crippen LogP contribution in [0.4, 0.5) is 10.5 Å². The molecule has 29 heavy (non-hydrogen) atoms. The van der Waals surface area contributed by atoms with E-state index >= 15 is 0 Å². The summed E-state index contributed by atoms with van der Waals surface area (Å²) < 4.78 is 5.49. The summed E-state index contributed by atoms with van der Waals surface area (Å²) in [6.07, 6.45) is 1.17. The summed E-state index contributed by atoms with van der Waals surface area (Å²) in [4.78, 5) is 32.1. The molecule has 0 aliphatic carbocycles. The average molecular weight is 415 g/mol. The first-order valence-corrected chi connectivity index (χ1v) is 10.5. The average Bonchev–Trinajstić information content (AvgIpc) is 2.75. The lowest BCUT2D eigenvalue weighted by Crippen LogP contribution is -2.28. The Bertz CT molecular complexity index is 1060. The topological polar surface area (TPSA) is 83.6 Å². The largest absolute Gasteiger partial charge is 0.453 e. The first-order chi connectivity index (χ1) is 14.1. The fraction of sp³-hybridized carbons (Fsp3) is 0.381. The van der Waals surface area contributed by atoms with Gasteiger partial charge in [0, 0.05) is 36.2 Å². The van der Waals surface area contributed by atoms with E-state index in [1.54, 1.807) is 18.3 Å². The van der Waals surface area contributed by atoms with Crippen LogP contribution in [0.25, 0.3) is 20.3 Å². The summed E-state index contributed by atoms with van der Waals surface area (Å²) in [6, 6.07) is 7.43. The highest BCUT2D eigenvalue weighted by molar-refractivity contribution is 7.24. The number of nitrogens with one attached hydrogen (secondary N) is 2. The van der Waals surface area contributed by atoms with Gasteiger partial charge in [-0.25, -0.2) is 9.78 Å². The van der Waals surface area contributed by atoms with E-state index in [1.807, 2.05) is 12.1 Å². The predicted octanol–water partition coefficient (Wildman–Crippen LogP) is 3.42. The van der Waals surface area contributed by atoms with Crippen molar-refractivity contribution in [3.8, 4) is 0 Å². The standard InChI is InChI=1S/C21H26N4O3S/c1-4-25(5-2)12-11-22-16-9-8-14(13-24-21(27)28-3)19-17(16)18(26)15-7-6-10-23-20(15)29-19/h6-10,22H,4-5,11-13H2,1-3H3,(H,24,27). The number of aromatic nitrogens is 1. The first-order valence-electron chi connectivity index (χ1n) is 9.70. The molecule has 0 radical (unpaired) electrons. The van der Waals surface area contributed by atoms with Crippen LogP contribution >= 0.6 is 11.3 Å². The molecule has 2 N–H and O–H groups in total. The SMILES string of the molecule is CCN(CC)CCNc1ccc(CNC(=O)OC)c2sc3ncccc3c(=O)c12. The maximum atomic E-state index is 13.3. The van der Waals surface area contributed by atoms with Crippen LogP contribution in [0.2, 0.25) is 0 Å². The molecule has 0 saturated carbocycles. The quantitative estimate of drug-likeness (QED) is 0.550. The number of fused-ring (bicyclic) bond motifs is 2. The van der Waals surface area contributed by atoms with E-state index in [1.165, 1.54) is 18.4 Å². The molecule has 8 heteroatoms. The number of benzene rings is 1. The van der Waals surface area contributed by atoms with Crippen LogP contribution in [0.3, 0.4) is 0 Å². The minimum atomic E-state index is -0.508. The second-order valence-corrected chi connectivity index (χ2v) is 7.56. The summed E-state index contributed by atoms with van der Waals surface area (Å²) in [7, 11) is 1.33. The van der Waals surface area contributed by atoms with Crippen molar-refractivity contribution in [2.45, 2.75) is 20.4 Å². The monoisotopic (exact) mass is 414 g/mol. The number of anilines is 1. The number of nitrogens with zero attached hydrogens (tertiary/aromatic N) is 2. The molecule has 0 aliphatic heterocycles. The van der Waals surface area contributed by atoms with E-state index in [9.17, 15) is 9.59 Å². The second-order valence-electron chi connectivity index (χ2n) is 6.56. The smallest absolute Gasteiger partial charge is 0.407 e. The van der Waals surface area contributed by atoms with Crippen LogP contribution in [-0.2, 0) is 11.3 Å².